The predicted molar refractivity (Wildman–Crippen MR) is 101 cm³/mol. The molecule has 3 aromatic carbocycles. The van der Waals surface area contributed by atoms with Gasteiger partial charge in [-0.15, -0.1) is 0 Å². The molecule has 0 amide bonds. The van der Waals surface area contributed by atoms with Crippen molar-refractivity contribution in [2.75, 3.05) is 0 Å². The van der Waals surface area contributed by atoms with E-state index in [1.165, 1.54) is 11.1 Å². The zero-order chi connectivity index (χ0) is 19.5. The maximum absolute atomic E-state index is 8.63. The van der Waals surface area contributed by atoms with Gasteiger partial charge in [-0.05, 0) is 29.7 Å². The number of hydrogen-bond acceptors (Lipinski definition) is 5. The molecule has 3 rings (SSSR count). The summed E-state index contributed by atoms with van der Waals surface area (Å²) in [5, 5.41) is 19.4. The van der Waals surface area contributed by atoms with Gasteiger partial charge in [-0.1, -0.05) is 78.9 Å². The highest BCUT2D eigenvalue weighted by Crippen LogP contribution is 2.07. The lowest BCUT2D eigenvalue weighted by Crippen LogP contribution is -1.85. The van der Waals surface area contributed by atoms with E-state index < -0.39 is 0 Å². The summed E-state index contributed by atoms with van der Waals surface area (Å²) in [5.74, 6) is 0.322. The van der Waals surface area contributed by atoms with Gasteiger partial charge in [0, 0.05) is 0 Å². The van der Waals surface area contributed by atoms with Crippen molar-refractivity contribution in [3.63, 3.8) is 0 Å². The third-order valence-electron chi connectivity index (χ3n) is 2.85. The average Bonchev–Trinajstić information content (AvgIpc) is 2.66. The van der Waals surface area contributed by atoms with E-state index in [9.17, 15) is 0 Å². The third-order valence-corrected chi connectivity index (χ3v) is 2.85. The van der Waals surface area contributed by atoms with E-state index in [2.05, 4.69) is 60.7 Å². The van der Waals surface area contributed by atoms with Gasteiger partial charge >= 0.3 is 0 Å². The summed E-state index contributed by atoms with van der Waals surface area (Å²) >= 11 is 0. The normalized spacial score (nSPS) is 7.85. The van der Waals surface area contributed by atoms with Gasteiger partial charge in [-0.2, -0.15) is 0 Å². The Balaban J connectivity index is 0.000000405. The first-order chi connectivity index (χ1) is 12.7. The summed E-state index contributed by atoms with van der Waals surface area (Å²) in [6.45, 7) is 0. The molecule has 0 heterocycles. The molecule has 0 spiro atoms. The van der Waals surface area contributed by atoms with Crippen LogP contribution in [0.15, 0.2) is 91.0 Å². The van der Waals surface area contributed by atoms with E-state index in [0.29, 0.717) is 5.75 Å². The van der Waals surface area contributed by atoms with Crippen molar-refractivity contribution >= 4 is 12.2 Å². The maximum Gasteiger partial charge on any atom is 0.231 e. The number of benzene rings is 3. The van der Waals surface area contributed by atoms with E-state index >= 15 is 0 Å². The van der Waals surface area contributed by atoms with Gasteiger partial charge in [0.15, 0.2) is 0 Å². The fourth-order valence-corrected chi connectivity index (χ4v) is 1.86. The molecule has 0 saturated heterocycles. The van der Waals surface area contributed by atoms with Crippen LogP contribution in [0.1, 0.15) is 11.1 Å². The summed E-state index contributed by atoms with van der Waals surface area (Å²) in [7, 11) is 0. The summed E-state index contributed by atoms with van der Waals surface area (Å²) in [6.07, 6.45) is 2.53. The van der Waals surface area contributed by atoms with Crippen LogP contribution in [0.4, 0.5) is 0 Å². The maximum atomic E-state index is 8.63. The van der Waals surface area contributed by atoms with E-state index in [4.69, 9.17) is 25.5 Å². The molecule has 0 radical (unpaired) electrons. The Labute approximate surface area is 152 Å². The van der Waals surface area contributed by atoms with Gasteiger partial charge in [0.05, 0.1) is 0 Å². The Bertz CT molecular complexity index is 715. The topological polar surface area (TPSA) is 102 Å². The second-order valence-electron chi connectivity index (χ2n) is 4.69. The van der Waals surface area contributed by atoms with Crippen molar-refractivity contribution in [1.82, 2.24) is 0 Å². The first kappa shape index (κ1) is 22.2. The Hall–Kier alpha value is -3.78. The van der Waals surface area contributed by atoms with Crippen molar-refractivity contribution in [2.24, 2.45) is 0 Å². The first-order valence-electron chi connectivity index (χ1n) is 7.57. The Kier molecular flexibility index (Phi) is 13.8. The fraction of sp³-hybridized carbons (Fsp3) is 0.0476. The summed E-state index contributed by atoms with van der Waals surface area (Å²) < 4.78 is 0. The van der Waals surface area contributed by atoms with Crippen molar-refractivity contribution in [2.45, 2.75) is 6.42 Å². The lowest BCUT2D eigenvalue weighted by Gasteiger charge is -2.00. The van der Waals surface area contributed by atoms with E-state index in [1.54, 1.807) is 24.3 Å². The largest absolute Gasteiger partial charge is 0.508 e. The van der Waals surface area contributed by atoms with Crippen LogP contribution in [0.5, 0.6) is 5.75 Å². The van der Waals surface area contributed by atoms with Crippen molar-refractivity contribution in [3.05, 3.63) is 102 Å². The smallest absolute Gasteiger partial charge is 0.231 e. The molecular weight excluding hydrogens is 328 g/mol. The van der Waals surface area contributed by atoms with Gasteiger partial charge in [-0.3, -0.25) is 0 Å². The van der Waals surface area contributed by atoms with Crippen molar-refractivity contribution < 1.29 is 14.7 Å². The number of para-hydroxylation sites is 1. The first-order valence-corrected chi connectivity index (χ1v) is 7.57. The number of carbonyl (C=O) groups excluding carboxylic acids is 2. The van der Waals surface area contributed by atoms with Crippen molar-refractivity contribution in [3.8, 4) is 5.75 Å². The zero-order valence-corrected chi connectivity index (χ0v) is 14.1. The molecule has 0 unspecified atom stereocenters. The van der Waals surface area contributed by atoms with Crippen LogP contribution < -0.4 is 0 Å². The van der Waals surface area contributed by atoms with Gasteiger partial charge in [0.1, 0.15) is 5.75 Å². The van der Waals surface area contributed by atoms with Gasteiger partial charge in [0.25, 0.3) is 0 Å². The van der Waals surface area contributed by atoms with Crippen LogP contribution in [0, 0.1) is 10.8 Å². The number of aromatic hydroxyl groups is 1. The van der Waals surface area contributed by atoms with E-state index in [1.807, 2.05) is 6.07 Å². The molecule has 3 N–H and O–H groups in total. The van der Waals surface area contributed by atoms with Crippen LogP contribution in [0.3, 0.4) is 0 Å². The summed E-state index contributed by atoms with van der Waals surface area (Å²) in [4.78, 5) is 16.7. The second kappa shape index (κ2) is 16.1. The lowest BCUT2D eigenvalue weighted by molar-refractivity contribution is 0.475. The molecular formula is C21H20N2O3. The highest BCUT2D eigenvalue weighted by molar-refractivity contribution is 5.26. The Morgan fingerprint density at radius 1 is 0.615 bits per heavy atom. The minimum absolute atomic E-state index is 0.322. The fourth-order valence-electron chi connectivity index (χ4n) is 1.86. The Morgan fingerprint density at radius 2 is 0.885 bits per heavy atom. The van der Waals surface area contributed by atoms with Crippen molar-refractivity contribution in [1.29, 1.82) is 10.8 Å². The Morgan fingerprint density at radius 3 is 1.12 bits per heavy atom. The molecule has 5 nitrogen and oxygen atoms in total. The van der Waals surface area contributed by atoms with Crippen LogP contribution in [-0.4, -0.2) is 17.3 Å². The molecule has 0 aliphatic carbocycles. The van der Waals surface area contributed by atoms with Gasteiger partial charge < -0.3 is 5.11 Å². The number of nitrogens with one attached hydrogen (secondary N) is 2. The highest BCUT2D eigenvalue weighted by atomic mass is 16.3. The lowest BCUT2D eigenvalue weighted by atomic mass is 10.1. The van der Waals surface area contributed by atoms with Gasteiger partial charge in [-0.25, -0.2) is 20.4 Å². The number of rotatable bonds is 2. The summed E-state index contributed by atoms with van der Waals surface area (Å²) in [5.41, 5.74) is 2.74. The molecule has 26 heavy (non-hydrogen) atoms. The van der Waals surface area contributed by atoms with Crippen LogP contribution >= 0.6 is 0 Å². The van der Waals surface area contributed by atoms with E-state index in [0.717, 1.165) is 18.6 Å². The molecule has 0 aliphatic rings. The number of phenols is 1. The zero-order valence-electron chi connectivity index (χ0n) is 14.1. The number of isocyanates is 2. The minimum Gasteiger partial charge on any atom is -0.508 e. The predicted octanol–water partition coefficient (Wildman–Crippen LogP) is 4.47. The molecule has 0 aromatic heterocycles. The third kappa shape index (κ3) is 12.7. The molecule has 0 aliphatic heterocycles. The standard InChI is InChI=1S/C13H12.C6H6O.2CHNO/c1-3-7-12(8-4-1)11-13-9-5-2-6-10-13;7-6-4-2-1-3-5-6;2*2-1-3/h1-10H,11H2;1-5,7H;2*2H. The SMILES string of the molecule is N=C=O.N=C=O.Oc1ccccc1.c1ccc(Cc2ccccc2)cc1. The molecule has 3 aromatic rings. The molecule has 5 heteroatoms. The second-order valence-corrected chi connectivity index (χ2v) is 4.69. The minimum atomic E-state index is 0.322. The van der Waals surface area contributed by atoms with Crippen LogP contribution in [-0.2, 0) is 16.0 Å². The summed E-state index contributed by atoms with van der Waals surface area (Å²) in [6, 6.07) is 29.8. The average molecular weight is 348 g/mol. The molecule has 132 valence electrons. The quantitative estimate of drug-likeness (QED) is 0.470. The highest BCUT2D eigenvalue weighted by Gasteiger charge is 1.92. The van der Waals surface area contributed by atoms with Gasteiger partial charge in [0.2, 0.25) is 12.2 Å². The van der Waals surface area contributed by atoms with E-state index in [-0.39, 0.29) is 0 Å². The molecule has 0 atom stereocenters. The molecule has 0 fully saturated rings. The number of phenolic OH excluding ortho intramolecular Hbond substituents is 1. The molecule has 0 bridgehead atoms. The molecule has 0 saturated carbocycles. The van der Waals surface area contributed by atoms with Crippen LogP contribution in [0.25, 0.3) is 0 Å². The monoisotopic (exact) mass is 348 g/mol. The number of hydrogen-bond donors (Lipinski definition) is 3. The van der Waals surface area contributed by atoms with Crippen LogP contribution in [0.2, 0.25) is 0 Å².